The Bertz CT molecular complexity index is 582. The van der Waals surface area contributed by atoms with Crippen molar-refractivity contribution < 1.29 is 9.59 Å². The average Bonchev–Trinajstić information content (AvgIpc) is 2.47. The molecule has 2 N–H and O–H groups in total. The van der Waals surface area contributed by atoms with Crippen LogP contribution in [0.3, 0.4) is 0 Å². The first kappa shape index (κ1) is 16.3. The van der Waals surface area contributed by atoms with Crippen LogP contribution in [0.25, 0.3) is 0 Å². The van der Waals surface area contributed by atoms with Gasteiger partial charge in [-0.15, -0.1) is 0 Å². The fourth-order valence-electron chi connectivity index (χ4n) is 2.63. The highest BCUT2D eigenvalue weighted by atomic mass is 16.2. The van der Waals surface area contributed by atoms with Crippen molar-refractivity contribution in [2.75, 3.05) is 31.9 Å². The number of nitrogens with two attached hydrogens (primary N) is 1. The lowest BCUT2D eigenvalue weighted by Crippen LogP contribution is -2.53. The third-order valence-electron chi connectivity index (χ3n) is 3.99. The Morgan fingerprint density at radius 3 is 2.14 bits per heavy atom. The van der Waals surface area contributed by atoms with E-state index in [2.05, 4.69) is 0 Å². The Kier molecular flexibility index (Phi) is 4.44. The number of rotatable bonds is 1. The van der Waals surface area contributed by atoms with Crippen LogP contribution in [0.15, 0.2) is 18.2 Å². The Morgan fingerprint density at radius 1 is 1.05 bits per heavy atom. The molecule has 0 bridgehead atoms. The molecule has 0 aromatic heterocycles. The molecule has 1 aliphatic rings. The molecule has 0 spiro atoms. The van der Waals surface area contributed by atoms with Gasteiger partial charge in [-0.2, -0.15) is 0 Å². The zero-order chi connectivity index (χ0) is 16.5. The first-order valence-corrected chi connectivity index (χ1v) is 7.65. The Morgan fingerprint density at radius 2 is 1.59 bits per heavy atom. The first-order chi connectivity index (χ1) is 10.2. The summed E-state index contributed by atoms with van der Waals surface area (Å²) in [6.07, 6.45) is 0. The molecular weight excluding hydrogens is 278 g/mol. The lowest BCUT2D eigenvalue weighted by Gasteiger charge is -2.37. The number of hydrogen-bond acceptors (Lipinski definition) is 3. The van der Waals surface area contributed by atoms with Gasteiger partial charge in [-0.3, -0.25) is 9.59 Å². The highest BCUT2D eigenvalue weighted by Crippen LogP contribution is 2.20. The standard InChI is InChI=1S/C17H25N3O2/c1-12-5-6-13(18)11-14(12)15(21)19-7-9-20(10-8-19)16(22)17(2,3)4/h5-6,11H,7-10,18H2,1-4H3. The van der Waals surface area contributed by atoms with Crippen molar-refractivity contribution in [3.05, 3.63) is 29.3 Å². The van der Waals surface area contributed by atoms with Gasteiger partial charge in [0.15, 0.2) is 0 Å². The van der Waals surface area contributed by atoms with Gasteiger partial charge in [-0.1, -0.05) is 26.8 Å². The summed E-state index contributed by atoms with van der Waals surface area (Å²) < 4.78 is 0. The molecule has 1 aromatic carbocycles. The van der Waals surface area contributed by atoms with Crippen LogP contribution in [0, 0.1) is 12.3 Å². The van der Waals surface area contributed by atoms with E-state index in [1.807, 2.05) is 38.7 Å². The Balaban J connectivity index is 2.04. The number of carbonyl (C=O) groups excluding carboxylic acids is 2. The summed E-state index contributed by atoms with van der Waals surface area (Å²) in [4.78, 5) is 28.5. The molecule has 5 heteroatoms. The molecule has 120 valence electrons. The van der Waals surface area contributed by atoms with Crippen LogP contribution in [0.1, 0.15) is 36.7 Å². The summed E-state index contributed by atoms with van der Waals surface area (Å²) in [5.74, 6) is 0.132. The molecule has 2 rings (SSSR count). The van der Waals surface area contributed by atoms with Gasteiger partial charge in [0.2, 0.25) is 5.91 Å². The zero-order valence-corrected chi connectivity index (χ0v) is 13.8. The normalized spacial score (nSPS) is 15.8. The van der Waals surface area contributed by atoms with E-state index < -0.39 is 0 Å². The molecule has 1 aliphatic heterocycles. The van der Waals surface area contributed by atoms with Crippen molar-refractivity contribution in [2.45, 2.75) is 27.7 Å². The smallest absolute Gasteiger partial charge is 0.254 e. The van der Waals surface area contributed by atoms with Crippen LogP contribution >= 0.6 is 0 Å². The van der Waals surface area contributed by atoms with Crippen molar-refractivity contribution in [3.8, 4) is 0 Å². The molecule has 0 saturated carbocycles. The predicted molar refractivity (Wildman–Crippen MR) is 87.5 cm³/mol. The maximum absolute atomic E-state index is 12.6. The number of nitrogens with zero attached hydrogens (tertiary/aromatic N) is 2. The molecule has 0 radical (unpaired) electrons. The molecule has 1 saturated heterocycles. The van der Waals surface area contributed by atoms with E-state index in [1.165, 1.54) is 0 Å². The van der Waals surface area contributed by atoms with Gasteiger partial charge in [0, 0.05) is 42.8 Å². The van der Waals surface area contributed by atoms with Gasteiger partial charge >= 0.3 is 0 Å². The van der Waals surface area contributed by atoms with Gasteiger partial charge in [0.05, 0.1) is 0 Å². The fraction of sp³-hybridized carbons (Fsp3) is 0.529. The number of carbonyl (C=O) groups is 2. The lowest BCUT2D eigenvalue weighted by atomic mass is 9.94. The van der Waals surface area contributed by atoms with Gasteiger partial charge in [-0.25, -0.2) is 0 Å². The molecule has 0 unspecified atom stereocenters. The minimum Gasteiger partial charge on any atom is -0.399 e. The minimum absolute atomic E-state index is 0.00680. The summed E-state index contributed by atoms with van der Waals surface area (Å²) in [7, 11) is 0. The zero-order valence-electron chi connectivity index (χ0n) is 13.8. The second-order valence-corrected chi connectivity index (χ2v) is 6.91. The molecule has 0 aliphatic carbocycles. The second-order valence-electron chi connectivity index (χ2n) is 6.91. The van der Waals surface area contributed by atoms with Crippen molar-refractivity contribution >= 4 is 17.5 Å². The van der Waals surface area contributed by atoms with Gasteiger partial charge < -0.3 is 15.5 Å². The van der Waals surface area contributed by atoms with E-state index in [9.17, 15) is 9.59 Å². The van der Waals surface area contributed by atoms with E-state index >= 15 is 0 Å². The average molecular weight is 303 g/mol. The molecular formula is C17H25N3O2. The number of anilines is 1. The SMILES string of the molecule is Cc1ccc(N)cc1C(=O)N1CCN(C(=O)C(C)(C)C)CC1. The van der Waals surface area contributed by atoms with Crippen molar-refractivity contribution in [2.24, 2.45) is 5.41 Å². The number of piperazine rings is 1. The van der Waals surface area contributed by atoms with Gasteiger partial charge in [0.25, 0.3) is 5.91 Å². The molecule has 1 aromatic rings. The first-order valence-electron chi connectivity index (χ1n) is 7.65. The number of aryl methyl sites for hydroxylation is 1. The summed E-state index contributed by atoms with van der Waals surface area (Å²) in [5.41, 5.74) is 7.57. The van der Waals surface area contributed by atoms with Gasteiger partial charge in [-0.05, 0) is 24.6 Å². The van der Waals surface area contributed by atoms with E-state index in [0.717, 1.165) is 5.56 Å². The summed E-state index contributed by atoms with van der Waals surface area (Å²) >= 11 is 0. The van der Waals surface area contributed by atoms with Crippen LogP contribution in [0.4, 0.5) is 5.69 Å². The number of nitrogen functional groups attached to an aromatic ring is 1. The van der Waals surface area contributed by atoms with Crippen LogP contribution in [0.5, 0.6) is 0 Å². The topological polar surface area (TPSA) is 66.6 Å². The maximum Gasteiger partial charge on any atom is 0.254 e. The number of hydrogen-bond donors (Lipinski definition) is 1. The van der Waals surface area contributed by atoms with E-state index in [0.29, 0.717) is 37.4 Å². The highest BCUT2D eigenvalue weighted by molar-refractivity contribution is 5.96. The summed E-state index contributed by atoms with van der Waals surface area (Å²) in [6.45, 7) is 9.97. The quantitative estimate of drug-likeness (QED) is 0.806. The maximum atomic E-state index is 12.6. The second kappa shape index (κ2) is 5.99. The summed E-state index contributed by atoms with van der Waals surface area (Å²) in [5, 5.41) is 0. The molecule has 5 nitrogen and oxygen atoms in total. The van der Waals surface area contributed by atoms with Gasteiger partial charge in [0.1, 0.15) is 0 Å². The molecule has 0 atom stereocenters. The third kappa shape index (κ3) is 3.40. The van der Waals surface area contributed by atoms with E-state index in [-0.39, 0.29) is 17.2 Å². The minimum atomic E-state index is -0.378. The lowest BCUT2D eigenvalue weighted by molar-refractivity contribution is -0.140. The van der Waals surface area contributed by atoms with Crippen molar-refractivity contribution in [3.63, 3.8) is 0 Å². The Hall–Kier alpha value is -2.04. The fourth-order valence-corrected chi connectivity index (χ4v) is 2.63. The Labute approximate surface area is 132 Å². The van der Waals surface area contributed by atoms with Crippen LogP contribution in [0.2, 0.25) is 0 Å². The van der Waals surface area contributed by atoms with Crippen LogP contribution in [-0.4, -0.2) is 47.8 Å². The monoisotopic (exact) mass is 303 g/mol. The third-order valence-corrected chi connectivity index (χ3v) is 3.99. The van der Waals surface area contributed by atoms with Crippen LogP contribution < -0.4 is 5.73 Å². The van der Waals surface area contributed by atoms with Crippen molar-refractivity contribution in [1.82, 2.24) is 9.80 Å². The van der Waals surface area contributed by atoms with E-state index in [4.69, 9.17) is 5.73 Å². The molecule has 1 heterocycles. The summed E-state index contributed by atoms with van der Waals surface area (Å²) in [6, 6.07) is 5.39. The highest BCUT2D eigenvalue weighted by Gasteiger charge is 2.31. The van der Waals surface area contributed by atoms with Crippen LogP contribution in [-0.2, 0) is 4.79 Å². The predicted octanol–water partition coefficient (Wildman–Crippen LogP) is 1.91. The largest absolute Gasteiger partial charge is 0.399 e. The molecule has 2 amide bonds. The van der Waals surface area contributed by atoms with Crippen molar-refractivity contribution in [1.29, 1.82) is 0 Å². The number of amides is 2. The molecule has 22 heavy (non-hydrogen) atoms. The number of benzene rings is 1. The molecule has 1 fully saturated rings. The van der Waals surface area contributed by atoms with E-state index in [1.54, 1.807) is 17.0 Å².